The van der Waals surface area contributed by atoms with Crippen LogP contribution in [-0.2, 0) is 0 Å². The smallest absolute Gasteiger partial charge is 0.00934 e. The van der Waals surface area contributed by atoms with Crippen molar-refractivity contribution < 1.29 is 0 Å². The first-order valence-corrected chi connectivity index (χ1v) is 6.95. The summed E-state index contributed by atoms with van der Waals surface area (Å²) in [4.78, 5) is 0. The fourth-order valence-electron chi connectivity index (χ4n) is 2.86. The van der Waals surface area contributed by atoms with Crippen LogP contribution in [0.5, 0.6) is 0 Å². The van der Waals surface area contributed by atoms with E-state index < -0.39 is 0 Å². The van der Waals surface area contributed by atoms with E-state index in [0.29, 0.717) is 5.92 Å². The molecule has 0 amide bonds. The highest BCUT2D eigenvalue weighted by Gasteiger charge is 2.43. The molecule has 0 saturated heterocycles. The van der Waals surface area contributed by atoms with Crippen LogP contribution in [0, 0.1) is 42.9 Å². The molecule has 0 N–H and O–H groups in total. The van der Waals surface area contributed by atoms with Crippen LogP contribution in [0.3, 0.4) is 0 Å². The third-order valence-electron chi connectivity index (χ3n) is 4.53. The summed E-state index contributed by atoms with van der Waals surface area (Å²) in [5.41, 5.74) is 1.35. The maximum atomic E-state index is 4.02. The lowest BCUT2D eigenvalue weighted by molar-refractivity contribution is 0.707. The number of hydrogen-bond acceptors (Lipinski definition) is 0. The van der Waals surface area contributed by atoms with Crippen molar-refractivity contribution >= 4 is 0 Å². The van der Waals surface area contributed by atoms with Gasteiger partial charge in [0.05, 0.1) is 0 Å². The van der Waals surface area contributed by atoms with Crippen molar-refractivity contribution in [3.05, 3.63) is 78.8 Å². The third-order valence-corrected chi connectivity index (χ3v) is 4.53. The Morgan fingerprint density at radius 3 is 1.89 bits per heavy atom. The van der Waals surface area contributed by atoms with Crippen molar-refractivity contribution in [1.82, 2.24) is 0 Å². The fraction of sp³-hybridized carbons (Fsp3) is 0.316. The Kier molecular flexibility index (Phi) is 4.71. The first kappa shape index (κ1) is 14.6. The van der Waals surface area contributed by atoms with Gasteiger partial charge in [0.2, 0.25) is 0 Å². The summed E-state index contributed by atoms with van der Waals surface area (Å²) in [7, 11) is 0. The zero-order valence-corrected chi connectivity index (χ0v) is 12.5. The molecule has 0 spiro atoms. The summed E-state index contributed by atoms with van der Waals surface area (Å²) in [5, 5.41) is 0. The van der Waals surface area contributed by atoms with Crippen molar-refractivity contribution in [2.24, 2.45) is 0 Å². The molecule has 2 rings (SSSR count). The lowest BCUT2D eigenvalue weighted by Gasteiger charge is -2.25. The van der Waals surface area contributed by atoms with Crippen LogP contribution in [-0.4, -0.2) is 0 Å². The lowest BCUT2D eigenvalue weighted by Crippen LogP contribution is -2.12. The van der Waals surface area contributed by atoms with Gasteiger partial charge in [-0.25, -0.2) is 0 Å². The Morgan fingerprint density at radius 1 is 0.895 bits per heavy atom. The van der Waals surface area contributed by atoms with Crippen LogP contribution in [0.25, 0.3) is 0 Å². The van der Waals surface area contributed by atoms with Gasteiger partial charge in [-0.3, -0.25) is 0 Å². The molecule has 0 nitrogen and oxygen atoms in total. The standard InChI is InChI=1S/C19H23/c1-6-17(18-10-8-7-9-11-18)12-19-15(4)13(2)14(3)16(19)5/h6-11,17H,1,12H2,2-5H3. The largest absolute Gasteiger partial charge is 0.0622 e. The molecule has 1 aliphatic carbocycles. The summed E-state index contributed by atoms with van der Waals surface area (Å²) in [6.07, 6.45) is 3.13. The van der Waals surface area contributed by atoms with E-state index in [0.717, 1.165) is 6.42 Å². The molecule has 19 heavy (non-hydrogen) atoms. The molecule has 1 atom stereocenters. The van der Waals surface area contributed by atoms with E-state index in [4.69, 9.17) is 0 Å². The van der Waals surface area contributed by atoms with Crippen LogP contribution in [0.4, 0.5) is 0 Å². The van der Waals surface area contributed by atoms with Gasteiger partial charge in [0.25, 0.3) is 0 Å². The average Bonchev–Trinajstić information content (AvgIpc) is 2.62. The van der Waals surface area contributed by atoms with Gasteiger partial charge in [-0.15, -0.1) is 0 Å². The van der Waals surface area contributed by atoms with Crippen molar-refractivity contribution in [2.45, 2.75) is 40.0 Å². The number of rotatable bonds is 4. The van der Waals surface area contributed by atoms with Gasteiger partial charge in [-0.05, 0) is 60.8 Å². The molecule has 1 fully saturated rings. The molecule has 1 aromatic carbocycles. The molecular formula is C19H23. The highest BCUT2D eigenvalue weighted by atomic mass is 14.5. The monoisotopic (exact) mass is 251 g/mol. The molecule has 7 radical (unpaired) electrons. The van der Waals surface area contributed by atoms with Gasteiger partial charge in [0.15, 0.2) is 0 Å². The van der Waals surface area contributed by atoms with Crippen molar-refractivity contribution in [1.29, 1.82) is 0 Å². The van der Waals surface area contributed by atoms with E-state index >= 15 is 0 Å². The van der Waals surface area contributed by atoms with Gasteiger partial charge < -0.3 is 0 Å². The van der Waals surface area contributed by atoms with Gasteiger partial charge in [0, 0.05) is 0 Å². The second-order valence-corrected chi connectivity index (χ2v) is 5.44. The molecule has 0 bridgehead atoms. The molecule has 1 saturated carbocycles. The average molecular weight is 251 g/mol. The Labute approximate surface area is 119 Å². The molecular weight excluding hydrogens is 228 g/mol. The summed E-state index contributed by atoms with van der Waals surface area (Å²) in [6.45, 7) is 13.0. The van der Waals surface area contributed by atoms with Crippen molar-refractivity contribution in [3.63, 3.8) is 0 Å². The first-order chi connectivity index (χ1) is 9.06. The molecule has 1 aromatic rings. The predicted octanol–water partition coefficient (Wildman–Crippen LogP) is 5.16. The van der Waals surface area contributed by atoms with Gasteiger partial charge in [-0.2, -0.15) is 0 Å². The fourth-order valence-corrected chi connectivity index (χ4v) is 2.86. The van der Waals surface area contributed by atoms with Gasteiger partial charge >= 0.3 is 0 Å². The van der Waals surface area contributed by atoms with Crippen LogP contribution < -0.4 is 0 Å². The van der Waals surface area contributed by atoms with Crippen molar-refractivity contribution in [2.75, 3.05) is 0 Å². The highest BCUT2D eigenvalue weighted by Crippen LogP contribution is 2.55. The Morgan fingerprint density at radius 2 is 1.42 bits per heavy atom. The minimum absolute atomic E-state index is 0.403. The predicted molar refractivity (Wildman–Crippen MR) is 82.4 cm³/mol. The van der Waals surface area contributed by atoms with Crippen LogP contribution in [0.2, 0.25) is 0 Å². The third kappa shape index (κ3) is 2.88. The molecule has 0 heteroatoms. The summed E-state index contributed by atoms with van der Waals surface area (Å²) < 4.78 is 0. The molecule has 1 aliphatic rings. The maximum absolute atomic E-state index is 4.02. The number of hydrogen-bond donors (Lipinski definition) is 0. The summed E-state index contributed by atoms with van der Waals surface area (Å²) in [5.74, 6) is 7.71. The second-order valence-electron chi connectivity index (χ2n) is 5.44. The Balaban J connectivity index is 2.11. The molecule has 0 heterocycles. The topological polar surface area (TPSA) is 0 Å². The second kappa shape index (κ2) is 6.11. The molecule has 99 valence electrons. The maximum Gasteiger partial charge on any atom is -0.00934 e. The quantitative estimate of drug-likeness (QED) is 0.693. The highest BCUT2D eigenvalue weighted by molar-refractivity contribution is 5.59. The van der Waals surface area contributed by atoms with E-state index in [-0.39, 0.29) is 0 Å². The zero-order chi connectivity index (χ0) is 14.0. The van der Waals surface area contributed by atoms with E-state index in [1.54, 1.807) is 0 Å². The minimum Gasteiger partial charge on any atom is -0.0622 e. The molecule has 0 aromatic heterocycles. The van der Waals surface area contributed by atoms with Crippen LogP contribution in [0.1, 0.15) is 45.6 Å². The zero-order valence-electron chi connectivity index (χ0n) is 12.5. The molecule has 0 aliphatic heterocycles. The minimum atomic E-state index is 0.403. The van der Waals surface area contributed by atoms with Gasteiger partial charge in [0.1, 0.15) is 0 Å². The first-order valence-electron chi connectivity index (χ1n) is 6.95. The van der Waals surface area contributed by atoms with E-state index in [2.05, 4.69) is 71.4 Å². The molecule has 1 unspecified atom stereocenters. The van der Waals surface area contributed by atoms with Crippen molar-refractivity contribution in [3.8, 4) is 0 Å². The summed E-state index contributed by atoms with van der Waals surface area (Å²) in [6, 6.07) is 10.7. The normalized spacial score (nSPS) is 22.2. The van der Waals surface area contributed by atoms with E-state index in [1.165, 1.54) is 35.2 Å². The van der Waals surface area contributed by atoms with E-state index in [9.17, 15) is 0 Å². The summed E-state index contributed by atoms with van der Waals surface area (Å²) >= 11 is 0. The van der Waals surface area contributed by atoms with Crippen LogP contribution in [0.15, 0.2) is 30.3 Å². The van der Waals surface area contributed by atoms with Gasteiger partial charge in [-0.1, -0.05) is 58.0 Å². The Bertz CT molecular complexity index is 366. The van der Waals surface area contributed by atoms with Crippen LogP contribution >= 0.6 is 0 Å². The Hall–Kier alpha value is -0.780. The SMILES string of the molecule is [CH2][CH]C(C[C]1[C](C)[C](C)[C](C)[C]1C)c1ccccc1. The number of benzene rings is 1. The lowest BCUT2D eigenvalue weighted by atomic mass is 9.78. The van der Waals surface area contributed by atoms with E-state index in [1.807, 2.05) is 0 Å².